The fraction of sp³-hybridized carbons (Fsp3) is 0.538. The van der Waals surface area contributed by atoms with Crippen LogP contribution in [0.15, 0.2) is 34.8 Å². The number of hydrogen-bond donors (Lipinski definition) is 0. The van der Waals surface area contributed by atoms with Crippen molar-refractivity contribution in [1.29, 1.82) is 0 Å². The molecule has 0 aliphatic carbocycles. The Morgan fingerprint density at radius 3 is 2.41 bits per heavy atom. The Morgan fingerprint density at radius 1 is 1.03 bits per heavy atom. The number of rotatable bonds is 15. The first-order valence-electron chi connectivity index (χ1n) is 11.6. The third-order valence-electron chi connectivity index (χ3n) is 5.38. The first kappa shape index (κ1) is 25.9. The summed E-state index contributed by atoms with van der Waals surface area (Å²) in [6, 6.07) is 4.34. The first-order valence-corrected chi connectivity index (χ1v) is 12.4. The molecule has 0 unspecified atom stereocenters. The lowest BCUT2D eigenvalue weighted by Crippen LogP contribution is -2.00. The van der Waals surface area contributed by atoms with Crippen molar-refractivity contribution >= 4 is 17.0 Å². The molecule has 0 aliphatic rings. The monoisotopic (exact) mass is 458 g/mol. The third kappa shape index (κ3) is 9.03. The number of hydrogen-bond acceptors (Lipinski definition) is 6. The molecule has 176 valence electrons. The van der Waals surface area contributed by atoms with Crippen LogP contribution in [0, 0.1) is 13.8 Å². The highest BCUT2D eigenvalue weighted by molar-refractivity contribution is 7.11. The summed E-state index contributed by atoms with van der Waals surface area (Å²) < 4.78 is 11.6. The number of aryl methyl sites for hydroxylation is 2. The Bertz CT molecular complexity index is 851. The second-order valence-corrected chi connectivity index (χ2v) is 8.81. The normalized spacial score (nSPS) is 11.8. The summed E-state index contributed by atoms with van der Waals surface area (Å²) in [5, 5.41) is 6.55. The van der Waals surface area contributed by atoms with Crippen molar-refractivity contribution in [3.8, 4) is 10.9 Å². The number of allylic oxidation sites excluding steroid dienone is 1. The molecule has 0 N–H and O–H groups in total. The zero-order valence-corrected chi connectivity index (χ0v) is 21.1. The van der Waals surface area contributed by atoms with Gasteiger partial charge in [0.2, 0.25) is 0 Å². The average molecular weight is 459 g/mol. The molecule has 0 bridgehead atoms. The van der Waals surface area contributed by atoms with E-state index in [0.29, 0.717) is 18.4 Å². The molecule has 0 radical (unpaired) electrons. The second-order valence-electron chi connectivity index (χ2n) is 7.99. The highest BCUT2D eigenvalue weighted by Gasteiger charge is 2.07. The van der Waals surface area contributed by atoms with Gasteiger partial charge in [0.25, 0.3) is 5.19 Å². The van der Waals surface area contributed by atoms with E-state index in [1.54, 1.807) is 0 Å². The molecule has 0 spiro atoms. The maximum absolute atomic E-state index is 5.79. The number of unbranched alkanes of at least 4 members (excludes halogenated alkanes) is 5. The van der Waals surface area contributed by atoms with Crippen molar-refractivity contribution in [2.75, 3.05) is 20.3 Å². The minimum atomic E-state index is 0.632. The van der Waals surface area contributed by atoms with Crippen molar-refractivity contribution in [2.45, 2.75) is 72.6 Å². The van der Waals surface area contributed by atoms with Crippen LogP contribution in [0.4, 0.5) is 0 Å². The van der Waals surface area contributed by atoms with Crippen LogP contribution in [0.2, 0.25) is 0 Å². The molecule has 1 heterocycles. The van der Waals surface area contributed by atoms with E-state index in [0.717, 1.165) is 30.0 Å². The summed E-state index contributed by atoms with van der Waals surface area (Å²) in [5.41, 5.74) is 5.73. The standard InChI is InChI=1S/C26H38N2O3S/c1-6-7-15-30-23-17-20(2)24(21(3)18-23)14-12-10-8-9-11-13-16-31-26-27-25(19-32-26)22(4)28-29-5/h6-7,17-19H,8-16H2,1-5H3/b7-6+,28-22+. The van der Waals surface area contributed by atoms with Gasteiger partial charge in [0.05, 0.1) is 6.61 Å². The minimum absolute atomic E-state index is 0.632. The maximum atomic E-state index is 5.79. The van der Waals surface area contributed by atoms with E-state index in [1.807, 2.05) is 31.4 Å². The maximum Gasteiger partial charge on any atom is 0.273 e. The molecule has 0 amide bonds. The highest BCUT2D eigenvalue weighted by Crippen LogP contribution is 2.24. The average Bonchev–Trinajstić information content (AvgIpc) is 3.23. The van der Waals surface area contributed by atoms with Crippen LogP contribution >= 0.6 is 11.3 Å². The lowest BCUT2D eigenvalue weighted by atomic mass is 9.96. The quantitative estimate of drug-likeness (QED) is 0.124. The molecule has 0 aliphatic heterocycles. The number of benzene rings is 1. The Hall–Kier alpha value is -2.34. The molecule has 0 saturated carbocycles. The van der Waals surface area contributed by atoms with Crippen LogP contribution < -0.4 is 9.47 Å². The summed E-state index contributed by atoms with van der Waals surface area (Å²) >= 11 is 1.50. The molecule has 0 fully saturated rings. The van der Waals surface area contributed by atoms with Gasteiger partial charge >= 0.3 is 0 Å². The van der Waals surface area contributed by atoms with E-state index in [1.165, 1.54) is 67.2 Å². The molecular formula is C26H38N2O3S. The summed E-state index contributed by atoms with van der Waals surface area (Å²) in [7, 11) is 1.54. The lowest BCUT2D eigenvalue weighted by Gasteiger charge is -2.13. The van der Waals surface area contributed by atoms with Gasteiger partial charge in [-0.2, -0.15) is 0 Å². The molecule has 5 nitrogen and oxygen atoms in total. The minimum Gasteiger partial charge on any atom is -0.490 e. The van der Waals surface area contributed by atoms with Crippen LogP contribution in [0.3, 0.4) is 0 Å². The number of aromatic nitrogens is 1. The van der Waals surface area contributed by atoms with Crippen molar-refractivity contribution in [1.82, 2.24) is 4.98 Å². The van der Waals surface area contributed by atoms with Gasteiger partial charge in [-0.25, -0.2) is 4.98 Å². The zero-order valence-electron chi connectivity index (χ0n) is 20.3. The fourth-order valence-electron chi connectivity index (χ4n) is 3.62. The van der Waals surface area contributed by atoms with Gasteiger partial charge in [-0.1, -0.05) is 54.3 Å². The number of ether oxygens (including phenoxy) is 2. The van der Waals surface area contributed by atoms with Crippen LogP contribution in [0.1, 0.15) is 74.8 Å². The van der Waals surface area contributed by atoms with E-state index in [4.69, 9.17) is 14.3 Å². The molecule has 0 atom stereocenters. The van der Waals surface area contributed by atoms with Gasteiger partial charge in [0, 0.05) is 5.38 Å². The molecule has 32 heavy (non-hydrogen) atoms. The lowest BCUT2D eigenvalue weighted by molar-refractivity contribution is 0.213. The van der Waals surface area contributed by atoms with E-state index in [-0.39, 0.29) is 0 Å². The Morgan fingerprint density at radius 2 is 1.72 bits per heavy atom. The zero-order chi connectivity index (χ0) is 23.2. The van der Waals surface area contributed by atoms with Gasteiger partial charge in [-0.15, -0.1) is 0 Å². The van der Waals surface area contributed by atoms with Gasteiger partial charge < -0.3 is 14.3 Å². The van der Waals surface area contributed by atoms with Crippen molar-refractivity contribution in [3.05, 3.63) is 52.0 Å². The van der Waals surface area contributed by atoms with Crippen LogP contribution in [0.25, 0.3) is 0 Å². The largest absolute Gasteiger partial charge is 0.490 e. The summed E-state index contributed by atoms with van der Waals surface area (Å²) in [6.07, 6.45) is 12.5. The number of nitrogens with zero attached hydrogens (tertiary/aromatic N) is 2. The van der Waals surface area contributed by atoms with E-state index in [2.05, 4.69) is 36.1 Å². The third-order valence-corrected chi connectivity index (χ3v) is 6.13. The second kappa shape index (κ2) is 14.7. The molecule has 2 rings (SSSR count). The van der Waals surface area contributed by atoms with Crippen LogP contribution in [0.5, 0.6) is 10.9 Å². The van der Waals surface area contributed by atoms with Crippen LogP contribution in [-0.4, -0.2) is 31.0 Å². The smallest absolute Gasteiger partial charge is 0.273 e. The number of oxime groups is 1. The summed E-state index contributed by atoms with van der Waals surface area (Å²) in [4.78, 5) is 9.21. The summed E-state index contributed by atoms with van der Waals surface area (Å²) in [5.74, 6) is 0.969. The van der Waals surface area contributed by atoms with Gasteiger partial charge in [0.15, 0.2) is 0 Å². The molecule has 6 heteroatoms. The Balaban J connectivity index is 1.57. The molecule has 0 saturated heterocycles. The molecule has 2 aromatic rings. The topological polar surface area (TPSA) is 52.9 Å². The molecule has 1 aromatic carbocycles. The fourth-order valence-corrected chi connectivity index (χ4v) is 4.35. The molecule has 1 aromatic heterocycles. The van der Waals surface area contributed by atoms with E-state index in [9.17, 15) is 0 Å². The Kier molecular flexibility index (Phi) is 11.9. The predicted octanol–water partition coefficient (Wildman–Crippen LogP) is 7.05. The van der Waals surface area contributed by atoms with Crippen molar-refractivity contribution in [2.24, 2.45) is 5.16 Å². The molecular weight excluding hydrogens is 420 g/mol. The van der Waals surface area contributed by atoms with Crippen LogP contribution in [-0.2, 0) is 11.3 Å². The van der Waals surface area contributed by atoms with E-state index < -0.39 is 0 Å². The highest BCUT2D eigenvalue weighted by atomic mass is 32.1. The van der Waals surface area contributed by atoms with Crippen molar-refractivity contribution in [3.63, 3.8) is 0 Å². The first-order chi connectivity index (χ1) is 15.5. The van der Waals surface area contributed by atoms with E-state index >= 15 is 0 Å². The Labute approximate surface area is 197 Å². The van der Waals surface area contributed by atoms with Gasteiger partial charge in [0.1, 0.15) is 30.9 Å². The number of thiazole rings is 1. The summed E-state index contributed by atoms with van der Waals surface area (Å²) in [6.45, 7) is 9.63. The SMILES string of the molecule is C/C=C/COc1cc(C)c(CCCCCCCCOc2nc(/C(C)=N/OC)cs2)c(C)c1. The van der Waals surface area contributed by atoms with Gasteiger partial charge in [-0.3, -0.25) is 0 Å². The van der Waals surface area contributed by atoms with Crippen molar-refractivity contribution < 1.29 is 14.3 Å². The predicted molar refractivity (Wildman–Crippen MR) is 134 cm³/mol. The van der Waals surface area contributed by atoms with Gasteiger partial charge in [-0.05, 0) is 75.8 Å².